The zero-order valence-corrected chi connectivity index (χ0v) is 14.5. The van der Waals surface area contributed by atoms with E-state index in [9.17, 15) is 4.79 Å². The minimum Gasteiger partial charge on any atom is -0.447 e. The lowest BCUT2D eigenvalue weighted by Gasteiger charge is -2.44. The number of amides is 1. The van der Waals surface area contributed by atoms with Crippen molar-refractivity contribution in [3.63, 3.8) is 0 Å². The molecule has 5 heteroatoms. The van der Waals surface area contributed by atoms with Crippen LogP contribution in [-0.2, 0) is 11.3 Å². The minimum atomic E-state index is -0.151. The van der Waals surface area contributed by atoms with Gasteiger partial charge in [0.1, 0.15) is 6.61 Å². The summed E-state index contributed by atoms with van der Waals surface area (Å²) < 4.78 is 5.31. The Bertz CT molecular complexity index is 747. The van der Waals surface area contributed by atoms with Crippen LogP contribution in [0.3, 0.4) is 0 Å². The monoisotopic (exact) mass is 337 g/mol. The van der Waals surface area contributed by atoms with Gasteiger partial charge in [0.2, 0.25) is 0 Å². The molecule has 4 rings (SSSR count). The Morgan fingerprint density at radius 1 is 1.16 bits per heavy atom. The van der Waals surface area contributed by atoms with Crippen molar-refractivity contribution in [2.45, 2.75) is 25.4 Å². The topological polar surface area (TPSA) is 45.7 Å². The Kier molecular flexibility index (Phi) is 4.17. The van der Waals surface area contributed by atoms with Crippen LogP contribution in [0.1, 0.15) is 18.9 Å². The van der Waals surface area contributed by atoms with Gasteiger partial charge in [0.15, 0.2) is 0 Å². The lowest BCUT2D eigenvalue weighted by molar-refractivity contribution is 0.0449. The summed E-state index contributed by atoms with van der Waals surface area (Å²) in [6.45, 7) is 6.07. The van der Waals surface area contributed by atoms with Gasteiger partial charge in [-0.25, -0.2) is 4.79 Å². The number of ether oxygens (including phenoxy) is 1. The fraction of sp³-hybridized carbons (Fsp3) is 0.400. The quantitative estimate of drug-likeness (QED) is 0.860. The van der Waals surface area contributed by atoms with Gasteiger partial charge in [-0.1, -0.05) is 37.3 Å². The summed E-state index contributed by atoms with van der Waals surface area (Å²) in [4.78, 5) is 20.4. The van der Waals surface area contributed by atoms with E-state index in [4.69, 9.17) is 4.74 Å². The molecule has 0 N–H and O–H groups in total. The molecule has 0 saturated carbocycles. The summed E-state index contributed by atoms with van der Waals surface area (Å²) in [7, 11) is 0. The van der Waals surface area contributed by atoms with E-state index in [-0.39, 0.29) is 11.6 Å². The predicted molar refractivity (Wildman–Crippen MR) is 96.0 cm³/mol. The molecule has 1 aromatic heterocycles. The highest BCUT2D eigenvalue weighted by molar-refractivity contribution is 5.71. The molecule has 1 aromatic carbocycles. The molecule has 2 aliphatic rings. The zero-order chi connectivity index (χ0) is 17.3. The summed E-state index contributed by atoms with van der Waals surface area (Å²) in [5, 5.41) is 0. The maximum absolute atomic E-state index is 11.9. The number of pyridine rings is 1. The van der Waals surface area contributed by atoms with Gasteiger partial charge >= 0.3 is 6.09 Å². The molecule has 1 atom stereocenters. The van der Waals surface area contributed by atoms with E-state index in [1.54, 1.807) is 6.20 Å². The van der Waals surface area contributed by atoms with E-state index in [1.807, 2.05) is 17.2 Å². The van der Waals surface area contributed by atoms with Crippen molar-refractivity contribution in [3.8, 4) is 11.1 Å². The van der Waals surface area contributed by atoms with Gasteiger partial charge in [-0.15, -0.1) is 0 Å². The Hall–Kier alpha value is -2.40. The third-order valence-corrected chi connectivity index (χ3v) is 5.43. The lowest BCUT2D eigenvalue weighted by Crippen LogP contribution is -2.60. The second-order valence-electron chi connectivity index (χ2n) is 6.93. The lowest BCUT2D eigenvalue weighted by atomic mass is 9.92. The number of cyclic esters (lactones) is 1. The molecule has 3 heterocycles. The maximum atomic E-state index is 11.9. The number of rotatable bonds is 4. The molecule has 2 fully saturated rings. The van der Waals surface area contributed by atoms with E-state index in [2.05, 4.69) is 47.1 Å². The molecule has 5 nitrogen and oxygen atoms in total. The van der Waals surface area contributed by atoms with Crippen molar-refractivity contribution in [1.82, 2.24) is 14.8 Å². The van der Waals surface area contributed by atoms with Gasteiger partial charge < -0.3 is 4.74 Å². The molecule has 1 unspecified atom stereocenters. The number of benzene rings is 1. The number of aromatic nitrogens is 1. The number of piperazine rings is 1. The SMILES string of the molecule is CCC12COC(=O)N1CCN(Cc1ccc(-c3cccnc3)cc1)C2. The molecule has 0 bridgehead atoms. The van der Waals surface area contributed by atoms with Gasteiger partial charge in [0.25, 0.3) is 0 Å². The standard InChI is InChI=1S/C20H23N3O2/c1-2-20-14-22(10-11-23(20)19(24)25-15-20)13-16-5-7-17(8-6-16)18-4-3-9-21-12-18/h3-9,12H,2,10-11,13-15H2,1H3. The zero-order valence-electron chi connectivity index (χ0n) is 14.5. The molecule has 0 radical (unpaired) electrons. The second-order valence-corrected chi connectivity index (χ2v) is 6.93. The van der Waals surface area contributed by atoms with Gasteiger partial charge in [-0.2, -0.15) is 0 Å². The molecule has 1 amide bonds. The van der Waals surface area contributed by atoms with Crippen LogP contribution in [0.25, 0.3) is 11.1 Å². The van der Waals surface area contributed by atoms with Crippen LogP contribution in [0, 0.1) is 0 Å². The van der Waals surface area contributed by atoms with Crippen molar-refractivity contribution in [2.24, 2.45) is 0 Å². The highest BCUT2D eigenvalue weighted by Gasteiger charge is 2.49. The van der Waals surface area contributed by atoms with E-state index in [1.165, 1.54) is 11.1 Å². The first kappa shape index (κ1) is 16.1. The number of hydrogen-bond acceptors (Lipinski definition) is 4. The number of nitrogens with zero attached hydrogens (tertiary/aromatic N) is 3. The fourth-order valence-corrected chi connectivity index (χ4v) is 3.88. The maximum Gasteiger partial charge on any atom is 0.410 e. The molecule has 130 valence electrons. The van der Waals surface area contributed by atoms with Crippen LogP contribution in [0.2, 0.25) is 0 Å². The van der Waals surface area contributed by atoms with E-state index in [0.29, 0.717) is 6.61 Å². The van der Waals surface area contributed by atoms with Crippen LogP contribution in [0.15, 0.2) is 48.8 Å². The summed E-state index contributed by atoms with van der Waals surface area (Å²) in [5.74, 6) is 0. The molecule has 2 aliphatic heterocycles. The first-order valence-corrected chi connectivity index (χ1v) is 8.86. The van der Waals surface area contributed by atoms with Crippen molar-refractivity contribution in [3.05, 3.63) is 54.4 Å². The van der Waals surface area contributed by atoms with E-state index < -0.39 is 0 Å². The smallest absolute Gasteiger partial charge is 0.410 e. The summed E-state index contributed by atoms with van der Waals surface area (Å²) >= 11 is 0. The van der Waals surface area contributed by atoms with Crippen molar-refractivity contribution >= 4 is 6.09 Å². The fourth-order valence-electron chi connectivity index (χ4n) is 3.88. The molecule has 0 spiro atoms. The molecule has 25 heavy (non-hydrogen) atoms. The normalized spacial score (nSPS) is 23.4. The average Bonchev–Trinajstić information content (AvgIpc) is 3.00. The van der Waals surface area contributed by atoms with Crippen molar-refractivity contribution in [1.29, 1.82) is 0 Å². The van der Waals surface area contributed by atoms with E-state index >= 15 is 0 Å². The van der Waals surface area contributed by atoms with Gasteiger partial charge in [-0.05, 0) is 29.2 Å². The molecular formula is C20H23N3O2. The number of carbonyl (C=O) groups excluding carboxylic acids is 1. The van der Waals surface area contributed by atoms with Crippen LogP contribution in [0.4, 0.5) is 4.79 Å². The first-order chi connectivity index (χ1) is 12.2. The molecule has 0 aliphatic carbocycles. The van der Waals surface area contributed by atoms with Crippen LogP contribution in [-0.4, -0.2) is 52.7 Å². The Labute approximate surface area is 148 Å². The molecule has 2 saturated heterocycles. The second kappa shape index (κ2) is 6.48. The first-order valence-electron chi connectivity index (χ1n) is 8.86. The summed E-state index contributed by atoms with van der Waals surface area (Å²) in [6.07, 6.45) is 4.45. The summed E-state index contributed by atoms with van der Waals surface area (Å²) in [5.41, 5.74) is 3.46. The van der Waals surface area contributed by atoms with Gasteiger partial charge in [-0.3, -0.25) is 14.8 Å². The third-order valence-electron chi connectivity index (χ3n) is 5.43. The average molecular weight is 337 g/mol. The van der Waals surface area contributed by atoms with Crippen LogP contribution in [0.5, 0.6) is 0 Å². The Morgan fingerprint density at radius 3 is 2.72 bits per heavy atom. The third kappa shape index (κ3) is 3.00. The van der Waals surface area contributed by atoms with Gasteiger partial charge in [0.05, 0.1) is 5.54 Å². The number of carbonyl (C=O) groups is 1. The largest absolute Gasteiger partial charge is 0.447 e. The minimum absolute atomic E-state index is 0.148. The van der Waals surface area contributed by atoms with Crippen LogP contribution >= 0.6 is 0 Å². The molecular weight excluding hydrogens is 314 g/mol. The highest BCUT2D eigenvalue weighted by atomic mass is 16.6. The van der Waals surface area contributed by atoms with E-state index in [0.717, 1.165) is 38.2 Å². The predicted octanol–water partition coefficient (Wildman–Crippen LogP) is 3.17. The van der Waals surface area contributed by atoms with Gasteiger partial charge in [0, 0.05) is 38.6 Å². The highest BCUT2D eigenvalue weighted by Crippen LogP contribution is 2.32. The number of fused-ring (bicyclic) bond motifs is 1. The molecule has 2 aromatic rings. The number of hydrogen-bond donors (Lipinski definition) is 0. The Morgan fingerprint density at radius 2 is 2.00 bits per heavy atom. The summed E-state index contributed by atoms with van der Waals surface area (Å²) in [6, 6.07) is 12.7. The van der Waals surface area contributed by atoms with Crippen molar-refractivity contribution in [2.75, 3.05) is 26.2 Å². The van der Waals surface area contributed by atoms with Crippen LogP contribution < -0.4 is 0 Å². The Balaban J connectivity index is 1.45. The van der Waals surface area contributed by atoms with Crippen molar-refractivity contribution < 1.29 is 9.53 Å².